The normalized spacial score (nSPS) is 10.3. The van der Waals surface area contributed by atoms with Crippen LogP contribution in [0.15, 0.2) is 41.1 Å². The molecule has 0 unspecified atom stereocenters. The predicted octanol–water partition coefficient (Wildman–Crippen LogP) is 3.29. The highest BCUT2D eigenvalue weighted by atomic mass is 79.9. The second-order valence-corrected chi connectivity index (χ2v) is 3.88. The first-order valence-corrected chi connectivity index (χ1v) is 4.89. The fourth-order valence-electron chi connectivity index (χ4n) is 1.07. The zero-order valence-corrected chi connectivity index (χ0v) is 8.96. The van der Waals surface area contributed by atoms with E-state index in [9.17, 15) is 0 Å². The molecule has 0 saturated carbocycles. The molecular weight excluding hydrogens is 251 g/mol. The maximum absolute atomic E-state index is 5.99. The van der Waals surface area contributed by atoms with Gasteiger partial charge in [0, 0.05) is 6.20 Å². The lowest BCUT2D eigenvalue weighted by Gasteiger charge is -2.02. The molecule has 0 fully saturated rings. The number of aromatic nitrogens is 2. The Morgan fingerprint density at radius 3 is 2.69 bits per heavy atom. The van der Waals surface area contributed by atoms with Crippen molar-refractivity contribution in [3.63, 3.8) is 0 Å². The number of rotatable bonds is 1. The zero-order chi connectivity index (χ0) is 9.26. The van der Waals surface area contributed by atoms with Crippen molar-refractivity contribution in [2.45, 2.75) is 0 Å². The Labute approximate surface area is 89.3 Å². The molecule has 2 rings (SSSR count). The molecule has 1 heterocycles. The van der Waals surface area contributed by atoms with Gasteiger partial charge in [-0.2, -0.15) is 5.10 Å². The first kappa shape index (κ1) is 8.78. The Balaban J connectivity index is 2.52. The van der Waals surface area contributed by atoms with E-state index >= 15 is 0 Å². The second-order valence-electron chi connectivity index (χ2n) is 2.55. The van der Waals surface area contributed by atoms with Gasteiger partial charge in [-0.15, -0.1) is 0 Å². The maximum Gasteiger partial charge on any atom is 0.0832 e. The Bertz CT molecular complexity index is 425. The lowest BCUT2D eigenvalue weighted by molar-refractivity contribution is 0.880. The fourth-order valence-corrected chi connectivity index (χ4v) is 1.58. The van der Waals surface area contributed by atoms with Crippen LogP contribution in [0.25, 0.3) is 5.69 Å². The van der Waals surface area contributed by atoms with Crippen molar-refractivity contribution >= 4 is 27.5 Å². The highest BCUT2D eigenvalue weighted by Gasteiger charge is 2.01. The summed E-state index contributed by atoms with van der Waals surface area (Å²) in [4.78, 5) is 0. The van der Waals surface area contributed by atoms with E-state index in [0.29, 0.717) is 5.02 Å². The lowest BCUT2D eigenvalue weighted by Crippen LogP contribution is -1.94. The minimum absolute atomic E-state index is 0.693. The Morgan fingerprint density at radius 2 is 2.08 bits per heavy atom. The fraction of sp³-hybridized carbons (Fsp3) is 0. The van der Waals surface area contributed by atoms with Crippen LogP contribution in [0, 0.1) is 0 Å². The topological polar surface area (TPSA) is 17.8 Å². The number of halogens is 2. The summed E-state index contributed by atoms with van der Waals surface area (Å²) in [6.07, 6.45) is 3.59. The van der Waals surface area contributed by atoms with Crippen LogP contribution in [0.1, 0.15) is 0 Å². The number of nitrogens with zero attached hydrogens (tertiary/aromatic N) is 2. The second kappa shape index (κ2) is 3.52. The monoisotopic (exact) mass is 256 g/mol. The zero-order valence-electron chi connectivity index (χ0n) is 6.61. The molecule has 2 aromatic rings. The maximum atomic E-state index is 5.99. The van der Waals surface area contributed by atoms with Crippen molar-refractivity contribution in [3.8, 4) is 5.69 Å². The molecule has 0 N–H and O–H groups in total. The SMILES string of the molecule is Clc1ccccc1-n1cc(Br)cn1. The van der Waals surface area contributed by atoms with Gasteiger partial charge in [-0.1, -0.05) is 23.7 Å². The van der Waals surface area contributed by atoms with Crippen molar-refractivity contribution in [1.29, 1.82) is 0 Å². The van der Waals surface area contributed by atoms with Gasteiger partial charge in [0.1, 0.15) is 0 Å². The summed E-state index contributed by atoms with van der Waals surface area (Å²) < 4.78 is 2.67. The van der Waals surface area contributed by atoms with Crippen LogP contribution in [-0.4, -0.2) is 9.78 Å². The summed E-state index contributed by atoms with van der Waals surface area (Å²) in [6.45, 7) is 0. The van der Waals surface area contributed by atoms with Gasteiger partial charge >= 0.3 is 0 Å². The van der Waals surface area contributed by atoms with Crippen molar-refractivity contribution in [2.75, 3.05) is 0 Å². The smallest absolute Gasteiger partial charge is 0.0832 e. The molecule has 0 aliphatic rings. The van der Waals surface area contributed by atoms with Crippen molar-refractivity contribution in [3.05, 3.63) is 46.2 Å². The van der Waals surface area contributed by atoms with E-state index in [4.69, 9.17) is 11.6 Å². The molecule has 0 amide bonds. The third kappa shape index (κ3) is 1.76. The molecule has 0 aliphatic heterocycles. The van der Waals surface area contributed by atoms with E-state index in [1.165, 1.54) is 0 Å². The third-order valence-corrected chi connectivity index (χ3v) is 2.38. The summed E-state index contributed by atoms with van der Waals surface area (Å²) in [7, 11) is 0. The first-order chi connectivity index (χ1) is 6.27. The molecule has 4 heteroatoms. The van der Waals surface area contributed by atoms with Gasteiger partial charge in [-0.25, -0.2) is 4.68 Å². The third-order valence-electron chi connectivity index (χ3n) is 1.65. The van der Waals surface area contributed by atoms with Crippen LogP contribution in [0.3, 0.4) is 0 Å². The van der Waals surface area contributed by atoms with Crippen LogP contribution < -0.4 is 0 Å². The molecule has 1 aromatic heterocycles. The number of hydrogen-bond donors (Lipinski definition) is 0. The minimum atomic E-state index is 0.693. The van der Waals surface area contributed by atoms with E-state index < -0.39 is 0 Å². The van der Waals surface area contributed by atoms with Gasteiger partial charge < -0.3 is 0 Å². The molecule has 13 heavy (non-hydrogen) atoms. The summed E-state index contributed by atoms with van der Waals surface area (Å²) >= 11 is 9.32. The summed E-state index contributed by atoms with van der Waals surface area (Å²) in [5.74, 6) is 0. The highest BCUT2D eigenvalue weighted by molar-refractivity contribution is 9.10. The van der Waals surface area contributed by atoms with Crippen LogP contribution in [0.5, 0.6) is 0 Å². The Hall–Kier alpha value is -0.800. The quantitative estimate of drug-likeness (QED) is 0.766. The van der Waals surface area contributed by atoms with Gasteiger partial charge in [-0.05, 0) is 28.1 Å². The standard InChI is InChI=1S/C9H6BrClN2/c10-7-5-12-13(6-7)9-4-2-1-3-8(9)11/h1-6H. The molecule has 0 bridgehead atoms. The molecule has 66 valence electrons. The number of benzene rings is 1. The molecular formula is C9H6BrClN2. The van der Waals surface area contributed by atoms with E-state index in [1.807, 2.05) is 30.5 Å². The molecule has 0 saturated heterocycles. The van der Waals surface area contributed by atoms with E-state index in [-0.39, 0.29) is 0 Å². The molecule has 0 atom stereocenters. The van der Waals surface area contributed by atoms with Crippen molar-refractivity contribution in [2.24, 2.45) is 0 Å². The minimum Gasteiger partial charge on any atom is -0.238 e. The average molecular weight is 258 g/mol. The van der Waals surface area contributed by atoms with Gasteiger partial charge in [0.25, 0.3) is 0 Å². The average Bonchev–Trinajstić information content (AvgIpc) is 2.53. The number of hydrogen-bond acceptors (Lipinski definition) is 1. The molecule has 2 nitrogen and oxygen atoms in total. The largest absolute Gasteiger partial charge is 0.238 e. The molecule has 0 radical (unpaired) electrons. The van der Waals surface area contributed by atoms with E-state index in [0.717, 1.165) is 10.2 Å². The predicted molar refractivity (Wildman–Crippen MR) is 56.3 cm³/mol. The highest BCUT2D eigenvalue weighted by Crippen LogP contribution is 2.20. The molecule has 0 spiro atoms. The lowest BCUT2D eigenvalue weighted by atomic mass is 10.3. The van der Waals surface area contributed by atoms with Crippen LogP contribution in [0.4, 0.5) is 0 Å². The Kier molecular flexibility index (Phi) is 2.38. The van der Waals surface area contributed by atoms with Crippen LogP contribution in [0.2, 0.25) is 5.02 Å². The van der Waals surface area contributed by atoms with Gasteiger partial charge in [0.2, 0.25) is 0 Å². The van der Waals surface area contributed by atoms with E-state index in [1.54, 1.807) is 10.9 Å². The van der Waals surface area contributed by atoms with E-state index in [2.05, 4.69) is 21.0 Å². The van der Waals surface area contributed by atoms with Crippen LogP contribution in [-0.2, 0) is 0 Å². The van der Waals surface area contributed by atoms with Crippen molar-refractivity contribution < 1.29 is 0 Å². The van der Waals surface area contributed by atoms with Gasteiger partial charge in [0.15, 0.2) is 0 Å². The summed E-state index contributed by atoms with van der Waals surface area (Å²) in [5.41, 5.74) is 0.884. The Morgan fingerprint density at radius 1 is 1.31 bits per heavy atom. The summed E-state index contributed by atoms with van der Waals surface area (Å²) in [6, 6.07) is 7.58. The van der Waals surface area contributed by atoms with Gasteiger partial charge in [-0.3, -0.25) is 0 Å². The summed E-state index contributed by atoms with van der Waals surface area (Å²) in [5, 5.41) is 4.82. The van der Waals surface area contributed by atoms with Gasteiger partial charge in [0.05, 0.1) is 21.4 Å². The van der Waals surface area contributed by atoms with Crippen LogP contribution >= 0.6 is 27.5 Å². The molecule has 1 aromatic carbocycles. The first-order valence-electron chi connectivity index (χ1n) is 3.72. The number of para-hydroxylation sites is 1. The molecule has 0 aliphatic carbocycles. The van der Waals surface area contributed by atoms with Crippen molar-refractivity contribution in [1.82, 2.24) is 9.78 Å².